The maximum absolute atomic E-state index is 13.0. The van der Waals surface area contributed by atoms with Crippen molar-refractivity contribution in [2.75, 3.05) is 17.2 Å². The van der Waals surface area contributed by atoms with E-state index >= 15 is 0 Å². The average molecular weight is 389 g/mol. The van der Waals surface area contributed by atoms with Crippen LogP contribution < -0.4 is 10.6 Å². The summed E-state index contributed by atoms with van der Waals surface area (Å²) in [5, 5.41) is 5.54. The van der Waals surface area contributed by atoms with Gasteiger partial charge in [-0.1, -0.05) is 23.8 Å². The highest BCUT2D eigenvalue weighted by Crippen LogP contribution is 2.34. The maximum Gasteiger partial charge on any atom is 0.418 e. The van der Waals surface area contributed by atoms with Crippen molar-refractivity contribution in [1.29, 1.82) is 0 Å². The van der Waals surface area contributed by atoms with Gasteiger partial charge in [-0.05, 0) is 56.4 Å². The number of rotatable bonds is 6. The van der Waals surface area contributed by atoms with E-state index in [1.165, 1.54) is 48.9 Å². The molecule has 2 aromatic rings. The van der Waals surface area contributed by atoms with E-state index < -0.39 is 17.6 Å². The molecule has 7 heteroatoms. The van der Waals surface area contributed by atoms with Crippen molar-refractivity contribution in [3.8, 4) is 0 Å². The zero-order chi connectivity index (χ0) is 20.0. The van der Waals surface area contributed by atoms with Gasteiger partial charge in [0.1, 0.15) is 5.69 Å². The first-order chi connectivity index (χ1) is 13.4. The van der Waals surface area contributed by atoms with E-state index in [-0.39, 0.29) is 11.4 Å². The van der Waals surface area contributed by atoms with Gasteiger partial charge < -0.3 is 10.6 Å². The molecule has 148 valence electrons. The third kappa shape index (κ3) is 5.34. The molecule has 1 aliphatic carbocycles. The van der Waals surface area contributed by atoms with Gasteiger partial charge in [0.05, 0.1) is 23.1 Å². The Bertz CT molecular complexity index is 845. The van der Waals surface area contributed by atoms with Crippen molar-refractivity contribution in [3.63, 3.8) is 0 Å². The number of nitrogens with one attached hydrogen (secondary N) is 2. The van der Waals surface area contributed by atoms with E-state index in [1.807, 2.05) is 0 Å². The number of benzene rings is 1. The van der Waals surface area contributed by atoms with Crippen LogP contribution in [0.4, 0.5) is 24.5 Å². The van der Waals surface area contributed by atoms with Crippen molar-refractivity contribution in [2.24, 2.45) is 0 Å². The average Bonchev–Trinajstić information content (AvgIpc) is 2.69. The van der Waals surface area contributed by atoms with Crippen LogP contribution in [0.3, 0.4) is 0 Å². The number of allylic oxidation sites excluding steroid dienone is 1. The van der Waals surface area contributed by atoms with Gasteiger partial charge in [0, 0.05) is 6.54 Å². The molecule has 1 aromatic heterocycles. The summed E-state index contributed by atoms with van der Waals surface area (Å²) < 4.78 is 39.1. The van der Waals surface area contributed by atoms with Gasteiger partial charge in [0.2, 0.25) is 0 Å². The molecule has 0 fully saturated rings. The Labute approximate surface area is 161 Å². The Hall–Kier alpha value is -2.83. The van der Waals surface area contributed by atoms with E-state index in [0.29, 0.717) is 0 Å². The van der Waals surface area contributed by atoms with Crippen molar-refractivity contribution < 1.29 is 18.0 Å². The van der Waals surface area contributed by atoms with Crippen LogP contribution in [0.15, 0.2) is 54.2 Å². The van der Waals surface area contributed by atoms with Crippen molar-refractivity contribution in [3.05, 3.63) is 65.5 Å². The molecule has 1 heterocycles. The van der Waals surface area contributed by atoms with Crippen molar-refractivity contribution in [2.45, 2.75) is 38.3 Å². The lowest BCUT2D eigenvalue weighted by Crippen LogP contribution is -2.17. The molecule has 1 aliphatic rings. The minimum atomic E-state index is -4.54. The number of nitrogens with zero attached hydrogens (tertiary/aromatic N) is 1. The van der Waals surface area contributed by atoms with Crippen LogP contribution in [0.2, 0.25) is 0 Å². The SMILES string of the molecule is O=C(Nc1ccccc1C(F)(F)F)c1ccc(NCCC2=CCCCC2)cn1. The molecular formula is C21H22F3N3O. The van der Waals surface area contributed by atoms with Crippen molar-refractivity contribution >= 4 is 17.3 Å². The van der Waals surface area contributed by atoms with Gasteiger partial charge >= 0.3 is 6.18 Å². The highest BCUT2D eigenvalue weighted by molar-refractivity contribution is 6.03. The minimum Gasteiger partial charge on any atom is -0.383 e. The molecule has 0 radical (unpaired) electrons. The Morgan fingerprint density at radius 1 is 1.11 bits per heavy atom. The molecule has 2 N–H and O–H groups in total. The molecule has 0 atom stereocenters. The van der Waals surface area contributed by atoms with E-state index in [0.717, 1.165) is 37.6 Å². The number of aromatic nitrogens is 1. The fourth-order valence-electron chi connectivity index (χ4n) is 3.16. The monoisotopic (exact) mass is 389 g/mol. The predicted molar refractivity (Wildman–Crippen MR) is 103 cm³/mol. The summed E-state index contributed by atoms with van der Waals surface area (Å²) in [4.78, 5) is 16.3. The maximum atomic E-state index is 13.0. The molecule has 0 unspecified atom stereocenters. The van der Waals surface area contributed by atoms with Crippen LogP contribution in [0.1, 0.15) is 48.2 Å². The van der Waals surface area contributed by atoms with Gasteiger partial charge in [-0.2, -0.15) is 13.2 Å². The number of para-hydroxylation sites is 1. The number of hydrogen-bond donors (Lipinski definition) is 2. The number of anilines is 2. The molecule has 0 saturated carbocycles. The zero-order valence-corrected chi connectivity index (χ0v) is 15.4. The first-order valence-electron chi connectivity index (χ1n) is 9.29. The molecule has 0 bridgehead atoms. The van der Waals surface area contributed by atoms with Gasteiger partial charge in [0.25, 0.3) is 5.91 Å². The largest absolute Gasteiger partial charge is 0.418 e. The second kappa shape index (κ2) is 8.91. The van der Waals surface area contributed by atoms with Crippen LogP contribution in [0.25, 0.3) is 0 Å². The van der Waals surface area contributed by atoms with E-state index in [9.17, 15) is 18.0 Å². The zero-order valence-electron chi connectivity index (χ0n) is 15.4. The highest BCUT2D eigenvalue weighted by Gasteiger charge is 2.33. The normalized spacial score (nSPS) is 14.3. The van der Waals surface area contributed by atoms with Gasteiger partial charge in [-0.3, -0.25) is 4.79 Å². The smallest absolute Gasteiger partial charge is 0.383 e. The molecule has 1 amide bonds. The van der Waals surface area contributed by atoms with Gasteiger partial charge in [0.15, 0.2) is 0 Å². The Kier molecular flexibility index (Phi) is 6.34. The number of pyridine rings is 1. The number of carbonyl (C=O) groups is 1. The van der Waals surface area contributed by atoms with Crippen LogP contribution in [0.5, 0.6) is 0 Å². The molecular weight excluding hydrogens is 367 g/mol. The lowest BCUT2D eigenvalue weighted by Gasteiger charge is -2.14. The molecule has 0 spiro atoms. The fourth-order valence-corrected chi connectivity index (χ4v) is 3.16. The third-order valence-corrected chi connectivity index (χ3v) is 4.64. The first kappa shape index (κ1) is 19.9. The fraction of sp³-hybridized carbons (Fsp3) is 0.333. The summed E-state index contributed by atoms with van der Waals surface area (Å²) in [6.45, 7) is 0.776. The summed E-state index contributed by atoms with van der Waals surface area (Å²) in [5.41, 5.74) is 1.11. The third-order valence-electron chi connectivity index (χ3n) is 4.64. The van der Waals surface area contributed by atoms with E-state index in [4.69, 9.17) is 0 Å². The standard InChI is InChI=1S/C21H22F3N3O/c22-21(23,24)17-8-4-5-9-18(17)27-20(28)19-11-10-16(14-26-19)25-13-12-15-6-2-1-3-7-15/h4-6,8-11,14,25H,1-3,7,12-13H2,(H,27,28). The van der Waals surface area contributed by atoms with E-state index in [2.05, 4.69) is 21.7 Å². The second-order valence-corrected chi connectivity index (χ2v) is 6.71. The van der Waals surface area contributed by atoms with E-state index in [1.54, 1.807) is 6.07 Å². The number of halogens is 3. The predicted octanol–water partition coefficient (Wildman–Crippen LogP) is 5.66. The lowest BCUT2D eigenvalue weighted by atomic mass is 9.97. The van der Waals surface area contributed by atoms with Crippen LogP contribution in [-0.2, 0) is 6.18 Å². The number of carbonyl (C=O) groups excluding carboxylic acids is 1. The summed E-state index contributed by atoms with van der Waals surface area (Å²) in [7, 11) is 0. The Morgan fingerprint density at radius 2 is 1.93 bits per heavy atom. The highest BCUT2D eigenvalue weighted by atomic mass is 19.4. The number of hydrogen-bond acceptors (Lipinski definition) is 3. The molecule has 4 nitrogen and oxygen atoms in total. The summed E-state index contributed by atoms with van der Waals surface area (Å²) in [6.07, 6.45) is 5.05. The topological polar surface area (TPSA) is 54.0 Å². The molecule has 3 rings (SSSR count). The lowest BCUT2D eigenvalue weighted by molar-refractivity contribution is -0.136. The minimum absolute atomic E-state index is 0.0533. The Morgan fingerprint density at radius 3 is 2.61 bits per heavy atom. The molecule has 28 heavy (non-hydrogen) atoms. The van der Waals surface area contributed by atoms with Gasteiger partial charge in [-0.25, -0.2) is 4.98 Å². The molecule has 0 aliphatic heterocycles. The van der Waals surface area contributed by atoms with Gasteiger partial charge in [-0.15, -0.1) is 0 Å². The summed E-state index contributed by atoms with van der Waals surface area (Å²) in [6, 6.07) is 8.06. The quantitative estimate of drug-likeness (QED) is 0.627. The summed E-state index contributed by atoms with van der Waals surface area (Å²) in [5.74, 6) is -0.685. The Balaban J connectivity index is 1.57. The van der Waals surface area contributed by atoms with Crippen LogP contribution in [-0.4, -0.2) is 17.4 Å². The second-order valence-electron chi connectivity index (χ2n) is 6.71. The number of alkyl halides is 3. The summed E-state index contributed by atoms with van der Waals surface area (Å²) >= 11 is 0. The van der Waals surface area contributed by atoms with Crippen LogP contribution >= 0.6 is 0 Å². The molecule has 0 saturated heterocycles. The van der Waals surface area contributed by atoms with Crippen molar-refractivity contribution in [1.82, 2.24) is 4.98 Å². The molecule has 1 aromatic carbocycles. The first-order valence-corrected chi connectivity index (χ1v) is 9.29. The van der Waals surface area contributed by atoms with Crippen LogP contribution in [0, 0.1) is 0 Å². The number of amides is 1.